The van der Waals surface area contributed by atoms with E-state index in [0.717, 1.165) is 12.1 Å². The Morgan fingerprint density at radius 1 is 1.10 bits per heavy atom. The van der Waals surface area contributed by atoms with Crippen molar-refractivity contribution >= 4 is 29.0 Å². The highest BCUT2D eigenvalue weighted by Crippen LogP contribution is 2.29. The molecule has 0 saturated heterocycles. The maximum atomic E-state index is 12.7. The molecule has 0 amide bonds. The van der Waals surface area contributed by atoms with Crippen molar-refractivity contribution in [1.82, 2.24) is 5.32 Å². The minimum absolute atomic E-state index is 0.0724. The fraction of sp³-hybridized carbons (Fsp3) is 0.188. The second-order valence-corrected chi connectivity index (χ2v) is 5.69. The highest BCUT2D eigenvalue weighted by molar-refractivity contribution is 6.42. The molecule has 0 spiro atoms. The summed E-state index contributed by atoms with van der Waals surface area (Å²) in [5.74, 6) is -0.0968. The van der Waals surface area contributed by atoms with Crippen LogP contribution in [0.3, 0.4) is 0 Å². The Balaban J connectivity index is 1.97. The van der Waals surface area contributed by atoms with E-state index in [0.29, 0.717) is 22.2 Å². The molecule has 2 aromatic carbocycles. The highest BCUT2D eigenvalue weighted by Gasteiger charge is 2.27. The van der Waals surface area contributed by atoms with Crippen molar-refractivity contribution in [1.29, 1.82) is 0 Å². The predicted octanol–water partition coefficient (Wildman–Crippen LogP) is 4.06. The van der Waals surface area contributed by atoms with E-state index in [1.807, 2.05) is 18.2 Å². The van der Waals surface area contributed by atoms with Crippen LogP contribution in [0, 0.1) is 0 Å². The second kappa shape index (κ2) is 5.57. The standard InChI is InChI=1S/C16H13Cl2NO/c17-14-6-5-10(7-15(14)18)16(20)13-9-19-8-11-3-1-2-4-12(11)13/h1-7,13,19H,8-9H2. The zero-order valence-corrected chi connectivity index (χ0v) is 12.2. The SMILES string of the molecule is O=C(c1ccc(Cl)c(Cl)c1)C1CNCc2ccccc21. The third-order valence-corrected chi connectivity index (χ3v) is 4.35. The number of ketones is 1. The van der Waals surface area contributed by atoms with Crippen molar-refractivity contribution in [2.24, 2.45) is 0 Å². The van der Waals surface area contributed by atoms with E-state index >= 15 is 0 Å². The summed E-state index contributed by atoms with van der Waals surface area (Å²) in [5.41, 5.74) is 2.88. The van der Waals surface area contributed by atoms with Gasteiger partial charge in [0.15, 0.2) is 5.78 Å². The zero-order chi connectivity index (χ0) is 14.1. The fourth-order valence-electron chi connectivity index (χ4n) is 2.58. The van der Waals surface area contributed by atoms with Gasteiger partial charge in [0.05, 0.1) is 16.0 Å². The first-order valence-electron chi connectivity index (χ1n) is 6.44. The Labute approximate surface area is 127 Å². The fourth-order valence-corrected chi connectivity index (χ4v) is 2.88. The van der Waals surface area contributed by atoms with Crippen molar-refractivity contribution in [2.45, 2.75) is 12.5 Å². The van der Waals surface area contributed by atoms with Crippen LogP contribution in [0.15, 0.2) is 42.5 Å². The molecule has 1 aliphatic heterocycles. The summed E-state index contributed by atoms with van der Waals surface area (Å²) in [7, 11) is 0. The first-order chi connectivity index (χ1) is 9.66. The van der Waals surface area contributed by atoms with Gasteiger partial charge in [0.25, 0.3) is 0 Å². The van der Waals surface area contributed by atoms with Crippen LogP contribution in [-0.4, -0.2) is 12.3 Å². The van der Waals surface area contributed by atoms with Gasteiger partial charge in [-0.1, -0.05) is 47.5 Å². The van der Waals surface area contributed by atoms with Gasteiger partial charge in [-0.05, 0) is 29.3 Å². The number of carbonyl (C=O) groups excluding carboxylic acids is 1. The molecule has 1 N–H and O–H groups in total. The number of halogens is 2. The van der Waals surface area contributed by atoms with Crippen LogP contribution < -0.4 is 5.32 Å². The van der Waals surface area contributed by atoms with Crippen LogP contribution in [0.1, 0.15) is 27.4 Å². The minimum atomic E-state index is -0.169. The molecule has 0 saturated carbocycles. The van der Waals surface area contributed by atoms with Gasteiger partial charge < -0.3 is 5.32 Å². The van der Waals surface area contributed by atoms with E-state index < -0.39 is 0 Å². The van der Waals surface area contributed by atoms with Gasteiger partial charge in [-0.15, -0.1) is 0 Å². The van der Waals surface area contributed by atoms with Gasteiger partial charge in [0.2, 0.25) is 0 Å². The van der Waals surface area contributed by atoms with Crippen LogP contribution in [0.2, 0.25) is 10.0 Å². The molecule has 0 bridgehead atoms. The van der Waals surface area contributed by atoms with Crippen LogP contribution >= 0.6 is 23.2 Å². The largest absolute Gasteiger partial charge is 0.312 e. The Bertz CT molecular complexity index is 669. The van der Waals surface area contributed by atoms with Crippen LogP contribution in [0.4, 0.5) is 0 Å². The molecule has 0 radical (unpaired) electrons. The number of rotatable bonds is 2. The predicted molar refractivity (Wildman–Crippen MR) is 81.7 cm³/mol. The van der Waals surface area contributed by atoms with Gasteiger partial charge in [-0.25, -0.2) is 0 Å². The highest BCUT2D eigenvalue weighted by atomic mass is 35.5. The third kappa shape index (κ3) is 2.47. The monoisotopic (exact) mass is 305 g/mol. The summed E-state index contributed by atoms with van der Waals surface area (Å²) >= 11 is 11.9. The van der Waals surface area contributed by atoms with Gasteiger partial charge in [-0.2, -0.15) is 0 Å². The van der Waals surface area contributed by atoms with E-state index in [1.165, 1.54) is 5.56 Å². The molecule has 4 heteroatoms. The minimum Gasteiger partial charge on any atom is -0.312 e. The first kappa shape index (κ1) is 13.6. The average Bonchev–Trinajstić information content (AvgIpc) is 2.49. The van der Waals surface area contributed by atoms with Crippen molar-refractivity contribution in [2.75, 3.05) is 6.54 Å². The van der Waals surface area contributed by atoms with Gasteiger partial charge in [-0.3, -0.25) is 4.79 Å². The molecule has 20 heavy (non-hydrogen) atoms. The maximum Gasteiger partial charge on any atom is 0.171 e. The summed E-state index contributed by atoms with van der Waals surface area (Å²) < 4.78 is 0. The number of carbonyl (C=O) groups is 1. The van der Waals surface area contributed by atoms with Gasteiger partial charge in [0, 0.05) is 18.7 Å². The quantitative estimate of drug-likeness (QED) is 0.848. The molecule has 0 aromatic heterocycles. The van der Waals surface area contributed by atoms with Gasteiger partial charge in [0.1, 0.15) is 0 Å². The molecule has 3 rings (SSSR count). The summed E-state index contributed by atoms with van der Waals surface area (Å²) in [6.45, 7) is 1.46. The Morgan fingerprint density at radius 2 is 1.90 bits per heavy atom. The van der Waals surface area contributed by atoms with E-state index in [-0.39, 0.29) is 11.7 Å². The van der Waals surface area contributed by atoms with Crippen molar-refractivity contribution in [3.05, 3.63) is 69.2 Å². The van der Waals surface area contributed by atoms with E-state index in [9.17, 15) is 4.79 Å². The summed E-state index contributed by atoms with van der Waals surface area (Å²) in [5, 5.41) is 4.16. The van der Waals surface area contributed by atoms with Crippen LogP contribution in [-0.2, 0) is 6.54 Å². The van der Waals surface area contributed by atoms with E-state index in [1.54, 1.807) is 18.2 Å². The molecule has 1 atom stereocenters. The van der Waals surface area contributed by atoms with Crippen LogP contribution in [0.25, 0.3) is 0 Å². The lowest BCUT2D eigenvalue weighted by Gasteiger charge is -2.25. The van der Waals surface area contributed by atoms with Gasteiger partial charge >= 0.3 is 0 Å². The smallest absolute Gasteiger partial charge is 0.171 e. The molecule has 102 valence electrons. The van der Waals surface area contributed by atoms with Crippen molar-refractivity contribution in [3.8, 4) is 0 Å². The van der Waals surface area contributed by atoms with Crippen LogP contribution in [0.5, 0.6) is 0 Å². The number of benzene rings is 2. The molecule has 0 aliphatic carbocycles. The third-order valence-electron chi connectivity index (χ3n) is 3.62. The summed E-state index contributed by atoms with van der Waals surface area (Å²) in [6.07, 6.45) is 0. The second-order valence-electron chi connectivity index (χ2n) is 4.88. The summed E-state index contributed by atoms with van der Waals surface area (Å²) in [6, 6.07) is 13.1. The average molecular weight is 306 g/mol. The number of hydrogen-bond donors (Lipinski definition) is 1. The Kier molecular flexibility index (Phi) is 3.79. The molecule has 2 aromatic rings. The van der Waals surface area contributed by atoms with Crippen molar-refractivity contribution < 1.29 is 4.79 Å². The number of nitrogens with one attached hydrogen (secondary N) is 1. The lowest BCUT2D eigenvalue weighted by atomic mass is 9.85. The number of Topliss-reactive ketones (excluding diaryl/α,β-unsaturated/α-hetero) is 1. The lowest BCUT2D eigenvalue weighted by Crippen LogP contribution is -2.32. The molecule has 2 nitrogen and oxygen atoms in total. The molecule has 1 aliphatic rings. The maximum absolute atomic E-state index is 12.7. The zero-order valence-electron chi connectivity index (χ0n) is 10.7. The molecule has 0 fully saturated rings. The Hall–Kier alpha value is -1.35. The molecular weight excluding hydrogens is 293 g/mol. The molecule has 1 unspecified atom stereocenters. The molecule has 1 heterocycles. The Morgan fingerprint density at radius 3 is 2.70 bits per heavy atom. The number of hydrogen-bond acceptors (Lipinski definition) is 2. The number of fused-ring (bicyclic) bond motifs is 1. The normalized spacial score (nSPS) is 17.6. The first-order valence-corrected chi connectivity index (χ1v) is 7.20. The molecular formula is C16H13Cl2NO. The summed E-state index contributed by atoms with van der Waals surface area (Å²) in [4.78, 5) is 12.7. The van der Waals surface area contributed by atoms with E-state index in [2.05, 4.69) is 11.4 Å². The van der Waals surface area contributed by atoms with E-state index in [4.69, 9.17) is 23.2 Å². The topological polar surface area (TPSA) is 29.1 Å². The van der Waals surface area contributed by atoms with Crippen molar-refractivity contribution in [3.63, 3.8) is 0 Å². The lowest BCUT2D eigenvalue weighted by molar-refractivity contribution is 0.0955.